The van der Waals surface area contributed by atoms with E-state index >= 15 is 0 Å². The lowest BCUT2D eigenvalue weighted by Crippen LogP contribution is -2.49. The number of aliphatic hydroxyl groups excluding tert-OH is 1. The minimum absolute atomic E-state index is 0.0481. The fourth-order valence-electron chi connectivity index (χ4n) is 4.14. The van der Waals surface area contributed by atoms with Gasteiger partial charge in [0, 0.05) is 0 Å². The number of carbonyl (C=O) groups is 1. The van der Waals surface area contributed by atoms with Crippen molar-refractivity contribution in [2.45, 2.75) is 63.8 Å². The number of rotatable bonds is 4. The first-order valence-electron chi connectivity index (χ1n) is 10.6. The van der Waals surface area contributed by atoms with Gasteiger partial charge in [0.1, 0.15) is 28.5 Å². The van der Waals surface area contributed by atoms with Crippen LogP contribution in [0.5, 0.6) is 11.5 Å². The predicted octanol–water partition coefficient (Wildman–Crippen LogP) is 7.45. The van der Waals surface area contributed by atoms with Crippen LogP contribution >= 0.6 is 11.6 Å². The maximum atomic E-state index is 13.3. The van der Waals surface area contributed by atoms with Gasteiger partial charge in [-0.15, -0.1) is 0 Å². The van der Waals surface area contributed by atoms with E-state index < -0.39 is 22.9 Å². The minimum Gasteiger partial charge on any atom is -0.508 e. The summed E-state index contributed by atoms with van der Waals surface area (Å²) >= 11 is 6.04. The molecule has 1 N–H and O–H groups in total. The van der Waals surface area contributed by atoms with Crippen molar-refractivity contribution in [1.82, 2.24) is 0 Å². The Morgan fingerprint density at radius 1 is 1.06 bits per heavy atom. The summed E-state index contributed by atoms with van der Waals surface area (Å²) in [5.41, 5.74) is -1.51. The quantitative estimate of drug-likeness (QED) is 0.493. The molecule has 0 amide bonds. The maximum Gasteiger partial charge on any atom is 0.416 e. The lowest BCUT2D eigenvalue weighted by molar-refractivity contribution is -0.158. The molecule has 0 spiro atoms. The summed E-state index contributed by atoms with van der Waals surface area (Å²) in [4.78, 5) is 13.3. The Bertz CT molecular complexity index is 1160. The number of ether oxygens (including phenoxy) is 2. The first-order chi connectivity index (χ1) is 15.2. The van der Waals surface area contributed by atoms with Crippen molar-refractivity contribution in [3.8, 4) is 11.5 Å². The molecule has 0 bridgehead atoms. The number of aliphatic hydroxyl groups is 1. The van der Waals surface area contributed by atoms with E-state index in [-0.39, 0.29) is 39.6 Å². The van der Waals surface area contributed by atoms with E-state index in [9.17, 15) is 23.1 Å². The molecule has 8 heteroatoms. The summed E-state index contributed by atoms with van der Waals surface area (Å²) in [6, 6.07) is 7.98. The number of Topliss-reactive ketones (excluding diaryl/α,β-unsaturated/α-hetero) is 1. The average Bonchev–Trinajstić information content (AvgIpc) is 3.52. The van der Waals surface area contributed by atoms with Crippen LogP contribution < -0.4 is 4.74 Å². The van der Waals surface area contributed by atoms with Crippen LogP contribution in [-0.2, 0) is 15.7 Å². The Labute approximate surface area is 195 Å². The van der Waals surface area contributed by atoms with E-state index in [2.05, 4.69) is 0 Å². The van der Waals surface area contributed by atoms with Crippen LogP contribution in [0.3, 0.4) is 0 Å². The lowest BCUT2D eigenvalue weighted by Gasteiger charge is -2.40. The third-order valence-corrected chi connectivity index (χ3v) is 6.18. The Morgan fingerprint density at radius 2 is 1.73 bits per heavy atom. The Balaban J connectivity index is 1.79. The van der Waals surface area contributed by atoms with E-state index in [0.29, 0.717) is 5.56 Å². The zero-order valence-electron chi connectivity index (χ0n) is 18.6. The second-order valence-electron chi connectivity index (χ2n) is 9.44. The molecule has 1 saturated carbocycles. The van der Waals surface area contributed by atoms with Gasteiger partial charge in [0.2, 0.25) is 0 Å². The molecule has 1 fully saturated rings. The van der Waals surface area contributed by atoms with Crippen molar-refractivity contribution in [3.63, 3.8) is 0 Å². The second-order valence-corrected chi connectivity index (χ2v) is 9.85. The molecule has 0 aromatic heterocycles. The Kier molecular flexibility index (Phi) is 5.57. The SMILES string of the molecule is CC1(C)OC(C)(C)C(O)=C(c2cc(Oc3ccc(C(F)(F)F)cc3Cl)ccc2C2CC2)C1=O. The number of hydrogen-bond acceptors (Lipinski definition) is 4. The lowest BCUT2D eigenvalue weighted by atomic mass is 9.81. The second kappa shape index (κ2) is 7.77. The number of ketones is 1. The Morgan fingerprint density at radius 3 is 2.30 bits per heavy atom. The molecule has 1 heterocycles. The highest BCUT2D eigenvalue weighted by Gasteiger charge is 2.48. The monoisotopic (exact) mass is 480 g/mol. The first kappa shape index (κ1) is 23.6. The van der Waals surface area contributed by atoms with Crippen LogP contribution in [0, 0.1) is 0 Å². The van der Waals surface area contributed by atoms with Crippen LogP contribution in [0.25, 0.3) is 5.57 Å². The zero-order valence-corrected chi connectivity index (χ0v) is 19.4. The third-order valence-electron chi connectivity index (χ3n) is 5.89. The topological polar surface area (TPSA) is 55.8 Å². The molecular formula is C25H24ClF3O4. The largest absolute Gasteiger partial charge is 0.508 e. The smallest absolute Gasteiger partial charge is 0.416 e. The average molecular weight is 481 g/mol. The predicted molar refractivity (Wildman–Crippen MR) is 119 cm³/mol. The molecule has 0 saturated heterocycles. The van der Waals surface area contributed by atoms with Gasteiger partial charge in [0.15, 0.2) is 5.78 Å². The van der Waals surface area contributed by atoms with Gasteiger partial charge in [-0.2, -0.15) is 13.2 Å². The zero-order chi connectivity index (χ0) is 24.3. The number of alkyl halides is 3. The van der Waals surface area contributed by atoms with Gasteiger partial charge < -0.3 is 14.6 Å². The molecule has 2 aliphatic rings. The van der Waals surface area contributed by atoms with Crippen molar-refractivity contribution < 1.29 is 32.5 Å². The summed E-state index contributed by atoms with van der Waals surface area (Å²) < 4.78 is 50.4. The van der Waals surface area contributed by atoms with E-state index in [1.807, 2.05) is 6.07 Å². The molecule has 2 aromatic carbocycles. The number of carbonyl (C=O) groups excluding carboxylic acids is 1. The number of benzene rings is 2. The highest BCUT2D eigenvalue weighted by Crippen LogP contribution is 2.48. The molecule has 2 aromatic rings. The van der Waals surface area contributed by atoms with E-state index in [4.69, 9.17) is 21.1 Å². The van der Waals surface area contributed by atoms with Gasteiger partial charge in [-0.05, 0) is 87.9 Å². The van der Waals surface area contributed by atoms with Gasteiger partial charge in [-0.1, -0.05) is 17.7 Å². The third kappa shape index (κ3) is 4.49. The summed E-state index contributed by atoms with van der Waals surface area (Å²) in [5.74, 6) is 0.0634. The standard InChI is InChI=1S/C25H24ClF3O4/c1-23(2)21(30)20(22(31)24(3,4)33-23)17-12-15(8-9-16(17)13-5-6-13)32-19-10-7-14(11-18(19)26)25(27,28)29/h7-13,30H,5-6H2,1-4H3. The van der Waals surface area contributed by atoms with Crippen LogP contribution in [0.15, 0.2) is 42.2 Å². The van der Waals surface area contributed by atoms with Gasteiger partial charge in [0.05, 0.1) is 16.2 Å². The summed E-state index contributed by atoms with van der Waals surface area (Å²) in [6.45, 7) is 6.69. The van der Waals surface area contributed by atoms with E-state index in [1.54, 1.807) is 39.8 Å². The molecule has 0 atom stereocenters. The molecule has 4 nitrogen and oxygen atoms in total. The van der Waals surface area contributed by atoms with Crippen LogP contribution in [0.1, 0.15) is 63.1 Å². The van der Waals surface area contributed by atoms with Crippen molar-refractivity contribution in [3.05, 3.63) is 63.9 Å². The number of hydrogen-bond donors (Lipinski definition) is 1. The van der Waals surface area contributed by atoms with E-state index in [0.717, 1.165) is 36.6 Å². The summed E-state index contributed by atoms with van der Waals surface area (Å²) in [5, 5.41) is 10.8. The molecule has 176 valence electrons. The molecule has 1 aliphatic heterocycles. The molecule has 4 rings (SSSR count). The van der Waals surface area contributed by atoms with Crippen LogP contribution in [0.4, 0.5) is 13.2 Å². The maximum absolute atomic E-state index is 13.3. The molecule has 0 radical (unpaired) electrons. The van der Waals surface area contributed by atoms with Crippen LogP contribution in [0.2, 0.25) is 5.02 Å². The minimum atomic E-state index is -4.52. The van der Waals surface area contributed by atoms with Crippen molar-refractivity contribution in [2.75, 3.05) is 0 Å². The highest BCUT2D eigenvalue weighted by molar-refractivity contribution is 6.32. The fourth-order valence-corrected chi connectivity index (χ4v) is 4.36. The molecule has 0 unspecified atom stereocenters. The van der Waals surface area contributed by atoms with Crippen LogP contribution in [-0.4, -0.2) is 22.1 Å². The highest BCUT2D eigenvalue weighted by atomic mass is 35.5. The fraction of sp³-hybridized carbons (Fsp3) is 0.400. The summed E-state index contributed by atoms with van der Waals surface area (Å²) in [7, 11) is 0. The normalized spacial score (nSPS) is 20.2. The first-order valence-corrected chi connectivity index (χ1v) is 11.0. The van der Waals surface area contributed by atoms with Gasteiger partial charge in [-0.25, -0.2) is 0 Å². The molecular weight excluding hydrogens is 457 g/mol. The number of halogens is 4. The van der Waals surface area contributed by atoms with Crippen molar-refractivity contribution >= 4 is 23.0 Å². The van der Waals surface area contributed by atoms with Gasteiger partial charge >= 0.3 is 6.18 Å². The van der Waals surface area contributed by atoms with Gasteiger partial charge in [0.25, 0.3) is 0 Å². The van der Waals surface area contributed by atoms with Crippen molar-refractivity contribution in [1.29, 1.82) is 0 Å². The summed E-state index contributed by atoms with van der Waals surface area (Å²) in [6.07, 6.45) is -2.60. The van der Waals surface area contributed by atoms with Gasteiger partial charge in [-0.3, -0.25) is 4.79 Å². The molecule has 1 aliphatic carbocycles. The molecule has 33 heavy (non-hydrogen) atoms. The Hall–Kier alpha value is -2.51. The van der Waals surface area contributed by atoms with Crippen molar-refractivity contribution in [2.24, 2.45) is 0 Å². The van der Waals surface area contributed by atoms with E-state index in [1.165, 1.54) is 0 Å².